The van der Waals surface area contributed by atoms with Crippen LogP contribution in [-0.4, -0.2) is 26.3 Å². The van der Waals surface area contributed by atoms with Gasteiger partial charge in [0, 0.05) is 21.8 Å². The number of carbonyl (C=O) groups excluding carboxylic acids is 1. The van der Waals surface area contributed by atoms with E-state index in [9.17, 15) is 9.18 Å². The molecule has 0 saturated carbocycles. The van der Waals surface area contributed by atoms with Crippen LogP contribution in [-0.2, 0) is 0 Å². The molecule has 0 bridgehead atoms. The molecule has 3 aromatic carbocycles. The second-order valence-corrected chi connectivity index (χ2v) is 7.58. The Hall–Kier alpha value is -2.96. The Kier molecular flexibility index (Phi) is 5.74. The van der Waals surface area contributed by atoms with Crippen LogP contribution < -0.4 is 0 Å². The quantitative estimate of drug-likeness (QED) is 0.295. The van der Waals surface area contributed by atoms with Gasteiger partial charge in [-0.2, -0.15) is 0 Å². The van der Waals surface area contributed by atoms with Crippen molar-refractivity contribution in [3.8, 4) is 17.1 Å². The SMILES string of the molecule is O=C(CSc1nnc(-c2ccccc2)n1-c1ccc(Cl)cc1)c1ccc(F)cc1. The van der Waals surface area contributed by atoms with Crippen molar-refractivity contribution in [2.75, 3.05) is 5.75 Å². The van der Waals surface area contributed by atoms with E-state index in [4.69, 9.17) is 11.6 Å². The molecule has 0 unspecified atom stereocenters. The summed E-state index contributed by atoms with van der Waals surface area (Å²) in [5.41, 5.74) is 2.21. The molecule has 0 spiro atoms. The first-order valence-corrected chi connectivity index (χ1v) is 10.2. The minimum atomic E-state index is -0.371. The van der Waals surface area contributed by atoms with E-state index in [1.54, 1.807) is 12.1 Å². The number of Topliss-reactive ketones (excluding diaryl/α,β-unsaturated/α-hetero) is 1. The van der Waals surface area contributed by atoms with E-state index in [2.05, 4.69) is 10.2 Å². The average molecular weight is 424 g/mol. The Morgan fingerprint density at radius 2 is 1.62 bits per heavy atom. The zero-order valence-corrected chi connectivity index (χ0v) is 16.7. The maximum atomic E-state index is 13.1. The average Bonchev–Trinajstić information content (AvgIpc) is 3.17. The van der Waals surface area contributed by atoms with E-state index in [0.29, 0.717) is 21.6 Å². The van der Waals surface area contributed by atoms with Crippen LogP contribution in [0.3, 0.4) is 0 Å². The normalized spacial score (nSPS) is 10.8. The molecule has 0 aliphatic heterocycles. The van der Waals surface area contributed by atoms with Crippen LogP contribution >= 0.6 is 23.4 Å². The lowest BCUT2D eigenvalue weighted by Gasteiger charge is -2.10. The van der Waals surface area contributed by atoms with Crippen molar-refractivity contribution in [3.63, 3.8) is 0 Å². The monoisotopic (exact) mass is 423 g/mol. The fourth-order valence-electron chi connectivity index (χ4n) is 2.81. The number of carbonyl (C=O) groups is 1. The molecular formula is C22H15ClFN3OS. The number of rotatable bonds is 6. The first-order valence-electron chi connectivity index (χ1n) is 8.80. The molecule has 4 nitrogen and oxygen atoms in total. The van der Waals surface area contributed by atoms with Gasteiger partial charge in [-0.05, 0) is 48.5 Å². The van der Waals surface area contributed by atoms with Crippen LogP contribution in [0.4, 0.5) is 4.39 Å². The minimum absolute atomic E-state index is 0.109. The number of hydrogen-bond donors (Lipinski definition) is 0. The fraction of sp³-hybridized carbons (Fsp3) is 0.0455. The predicted molar refractivity (Wildman–Crippen MR) is 113 cm³/mol. The zero-order chi connectivity index (χ0) is 20.2. The Labute approximate surface area is 176 Å². The number of halogens is 2. The Morgan fingerprint density at radius 1 is 0.931 bits per heavy atom. The van der Waals surface area contributed by atoms with Crippen LogP contribution in [0.15, 0.2) is 84.0 Å². The smallest absolute Gasteiger partial charge is 0.196 e. The molecule has 0 radical (unpaired) electrons. The van der Waals surface area contributed by atoms with Crippen LogP contribution in [0.25, 0.3) is 17.1 Å². The zero-order valence-electron chi connectivity index (χ0n) is 15.1. The molecule has 29 heavy (non-hydrogen) atoms. The van der Waals surface area contributed by atoms with Gasteiger partial charge >= 0.3 is 0 Å². The molecule has 1 heterocycles. The van der Waals surface area contributed by atoms with E-state index in [0.717, 1.165) is 11.3 Å². The van der Waals surface area contributed by atoms with Gasteiger partial charge in [0.15, 0.2) is 16.8 Å². The Morgan fingerprint density at radius 3 is 2.31 bits per heavy atom. The largest absolute Gasteiger partial charge is 0.293 e. The molecule has 0 aliphatic carbocycles. The maximum Gasteiger partial charge on any atom is 0.196 e. The topological polar surface area (TPSA) is 47.8 Å². The van der Waals surface area contributed by atoms with E-state index in [1.165, 1.54) is 36.0 Å². The minimum Gasteiger partial charge on any atom is -0.293 e. The molecule has 4 rings (SSSR count). The van der Waals surface area contributed by atoms with E-state index in [-0.39, 0.29) is 17.4 Å². The van der Waals surface area contributed by atoms with Gasteiger partial charge in [0.25, 0.3) is 0 Å². The Balaban J connectivity index is 1.66. The fourth-order valence-corrected chi connectivity index (χ4v) is 3.78. The molecule has 0 amide bonds. The second-order valence-electron chi connectivity index (χ2n) is 6.20. The van der Waals surface area contributed by atoms with Crippen LogP contribution in [0, 0.1) is 5.82 Å². The third-order valence-electron chi connectivity index (χ3n) is 4.25. The molecule has 0 N–H and O–H groups in total. The number of thioether (sulfide) groups is 1. The van der Waals surface area contributed by atoms with Crippen molar-refractivity contribution in [2.45, 2.75) is 5.16 Å². The van der Waals surface area contributed by atoms with Gasteiger partial charge in [-0.3, -0.25) is 9.36 Å². The summed E-state index contributed by atoms with van der Waals surface area (Å²) in [4.78, 5) is 12.5. The predicted octanol–water partition coefficient (Wildman–Crippen LogP) is 5.70. The molecule has 4 aromatic rings. The van der Waals surface area contributed by atoms with Crippen LogP contribution in [0.5, 0.6) is 0 Å². The summed E-state index contributed by atoms with van der Waals surface area (Å²) in [6, 6.07) is 22.6. The summed E-state index contributed by atoms with van der Waals surface area (Å²) in [6.45, 7) is 0. The standard InChI is InChI=1S/C22H15ClFN3OS/c23-17-8-12-19(13-9-17)27-21(16-4-2-1-3-5-16)25-26-22(27)29-14-20(28)15-6-10-18(24)11-7-15/h1-13H,14H2. The van der Waals surface area contributed by atoms with Gasteiger partial charge in [-0.25, -0.2) is 4.39 Å². The van der Waals surface area contributed by atoms with E-state index in [1.807, 2.05) is 47.0 Å². The number of aromatic nitrogens is 3. The highest BCUT2D eigenvalue weighted by atomic mass is 35.5. The lowest BCUT2D eigenvalue weighted by atomic mass is 10.1. The number of hydrogen-bond acceptors (Lipinski definition) is 4. The van der Waals surface area contributed by atoms with Crippen molar-refractivity contribution in [1.82, 2.24) is 14.8 Å². The summed E-state index contributed by atoms with van der Waals surface area (Å²) in [5.74, 6) is 0.349. The molecule has 0 fully saturated rings. The molecule has 1 aromatic heterocycles. The van der Waals surface area contributed by atoms with Crippen molar-refractivity contribution in [3.05, 3.63) is 95.3 Å². The summed E-state index contributed by atoms with van der Waals surface area (Å²) in [6.07, 6.45) is 0. The van der Waals surface area contributed by atoms with Crippen molar-refractivity contribution in [1.29, 1.82) is 0 Å². The van der Waals surface area contributed by atoms with Crippen molar-refractivity contribution >= 4 is 29.1 Å². The van der Waals surface area contributed by atoms with Crippen LogP contribution in [0.2, 0.25) is 5.02 Å². The van der Waals surface area contributed by atoms with Gasteiger partial charge in [-0.15, -0.1) is 10.2 Å². The second kappa shape index (κ2) is 8.59. The maximum absolute atomic E-state index is 13.1. The summed E-state index contributed by atoms with van der Waals surface area (Å²) in [5, 5.41) is 9.86. The van der Waals surface area contributed by atoms with Gasteiger partial charge in [0.05, 0.1) is 5.75 Å². The Bertz CT molecular complexity index is 1130. The highest BCUT2D eigenvalue weighted by Crippen LogP contribution is 2.29. The third-order valence-corrected chi connectivity index (χ3v) is 5.43. The molecule has 7 heteroatoms. The molecule has 0 aliphatic rings. The van der Waals surface area contributed by atoms with Gasteiger partial charge in [0.1, 0.15) is 5.82 Å². The lowest BCUT2D eigenvalue weighted by Crippen LogP contribution is -2.05. The first-order chi connectivity index (χ1) is 14.1. The number of nitrogens with zero attached hydrogens (tertiary/aromatic N) is 3. The van der Waals surface area contributed by atoms with Crippen molar-refractivity contribution < 1.29 is 9.18 Å². The first kappa shape index (κ1) is 19.4. The summed E-state index contributed by atoms with van der Waals surface area (Å²) >= 11 is 7.32. The third kappa shape index (κ3) is 4.39. The number of ketones is 1. The molecular weight excluding hydrogens is 409 g/mol. The lowest BCUT2D eigenvalue weighted by molar-refractivity contribution is 0.102. The van der Waals surface area contributed by atoms with Crippen LogP contribution in [0.1, 0.15) is 10.4 Å². The van der Waals surface area contributed by atoms with E-state index < -0.39 is 0 Å². The van der Waals surface area contributed by atoms with Gasteiger partial charge in [-0.1, -0.05) is 53.7 Å². The molecule has 144 valence electrons. The highest BCUT2D eigenvalue weighted by molar-refractivity contribution is 7.99. The van der Waals surface area contributed by atoms with Crippen molar-refractivity contribution in [2.24, 2.45) is 0 Å². The summed E-state index contributed by atoms with van der Waals surface area (Å²) < 4.78 is 15.0. The van der Waals surface area contributed by atoms with E-state index >= 15 is 0 Å². The van der Waals surface area contributed by atoms with Gasteiger partial charge < -0.3 is 0 Å². The highest BCUT2D eigenvalue weighted by Gasteiger charge is 2.17. The van der Waals surface area contributed by atoms with Gasteiger partial charge in [0.2, 0.25) is 0 Å². The molecule has 0 saturated heterocycles. The number of benzene rings is 3. The molecule has 0 atom stereocenters. The summed E-state index contributed by atoms with van der Waals surface area (Å²) in [7, 11) is 0.